The molecule has 3 unspecified atom stereocenters. The van der Waals surface area contributed by atoms with E-state index in [-0.39, 0.29) is 29.6 Å². The molecule has 0 aromatic carbocycles. The Kier molecular flexibility index (Phi) is 4.53. The number of carbonyl (C=O) groups is 1. The summed E-state index contributed by atoms with van der Waals surface area (Å²) in [6.07, 6.45) is 2.02. The van der Waals surface area contributed by atoms with E-state index in [9.17, 15) is 9.90 Å². The van der Waals surface area contributed by atoms with Gasteiger partial charge in [-0.3, -0.25) is 10.00 Å². The zero-order valence-electron chi connectivity index (χ0n) is 13.0. The van der Waals surface area contributed by atoms with Crippen LogP contribution in [0.4, 0.5) is 10.6 Å². The Balaban J connectivity index is 1.86. The quantitative estimate of drug-likeness (QED) is 0.765. The second-order valence-corrected chi connectivity index (χ2v) is 6.21. The van der Waals surface area contributed by atoms with Gasteiger partial charge in [-0.25, -0.2) is 4.79 Å². The molecule has 1 heterocycles. The number of hydrogen-bond acceptors (Lipinski definition) is 4. The van der Waals surface area contributed by atoms with Crippen LogP contribution in [0.15, 0.2) is 12.3 Å². The normalized spacial score (nSPS) is 25.0. The SMILES string of the molecule is COCC(C)n1ccc(NC(=O)NC2CC(O)C2(C)C)n1. The molecule has 1 aliphatic carbocycles. The molecule has 118 valence electrons. The number of nitrogens with zero attached hydrogens (tertiary/aromatic N) is 2. The first-order valence-corrected chi connectivity index (χ1v) is 7.14. The van der Waals surface area contributed by atoms with E-state index in [0.29, 0.717) is 18.8 Å². The van der Waals surface area contributed by atoms with Crippen molar-refractivity contribution < 1.29 is 14.6 Å². The van der Waals surface area contributed by atoms with E-state index < -0.39 is 0 Å². The Morgan fingerprint density at radius 2 is 2.38 bits per heavy atom. The van der Waals surface area contributed by atoms with Crippen LogP contribution in [0.1, 0.15) is 33.2 Å². The minimum atomic E-state index is -0.364. The number of aromatic nitrogens is 2. The molecule has 1 aliphatic rings. The van der Waals surface area contributed by atoms with Crippen molar-refractivity contribution in [2.75, 3.05) is 19.0 Å². The molecular formula is C14H24N4O3. The number of carbonyl (C=O) groups excluding carboxylic acids is 1. The second-order valence-electron chi connectivity index (χ2n) is 6.21. The molecule has 21 heavy (non-hydrogen) atoms. The van der Waals surface area contributed by atoms with Crippen molar-refractivity contribution in [2.45, 2.75) is 45.4 Å². The summed E-state index contributed by atoms with van der Waals surface area (Å²) in [6.45, 7) is 6.42. The first-order chi connectivity index (χ1) is 9.84. The van der Waals surface area contributed by atoms with Gasteiger partial charge < -0.3 is 15.2 Å². The maximum Gasteiger partial charge on any atom is 0.320 e. The average molecular weight is 296 g/mol. The molecule has 3 atom stereocenters. The second kappa shape index (κ2) is 6.03. The van der Waals surface area contributed by atoms with Gasteiger partial charge in [0.2, 0.25) is 0 Å². The number of ether oxygens (including phenoxy) is 1. The van der Waals surface area contributed by atoms with Crippen molar-refractivity contribution in [3.8, 4) is 0 Å². The molecule has 0 saturated heterocycles. The number of nitrogens with one attached hydrogen (secondary N) is 2. The van der Waals surface area contributed by atoms with Gasteiger partial charge in [-0.05, 0) is 13.3 Å². The number of amides is 2. The molecule has 2 amide bonds. The first kappa shape index (κ1) is 15.8. The summed E-state index contributed by atoms with van der Waals surface area (Å²) in [5, 5.41) is 19.5. The Bertz CT molecular complexity index is 500. The summed E-state index contributed by atoms with van der Waals surface area (Å²) >= 11 is 0. The summed E-state index contributed by atoms with van der Waals surface area (Å²) in [7, 11) is 1.64. The highest BCUT2D eigenvalue weighted by atomic mass is 16.5. The molecule has 0 aliphatic heterocycles. The number of hydrogen-bond donors (Lipinski definition) is 3. The summed E-state index contributed by atoms with van der Waals surface area (Å²) in [6, 6.07) is 1.52. The van der Waals surface area contributed by atoms with Crippen molar-refractivity contribution in [3.63, 3.8) is 0 Å². The van der Waals surface area contributed by atoms with Crippen LogP contribution in [0.2, 0.25) is 0 Å². The third-order valence-corrected chi connectivity index (χ3v) is 4.23. The van der Waals surface area contributed by atoms with E-state index in [2.05, 4.69) is 15.7 Å². The van der Waals surface area contributed by atoms with E-state index in [1.54, 1.807) is 24.1 Å². The van der Waals surface area contributed by atoms with E-state index in [4.69, 9.17) is 4.74 Å². The fourth-order valence-corrected chi connectivity index (χ4v) is 2.43. The summed E-state index contributed by atoms with van der Waals surface area (Å²) < 4.78 is 6.82. The number of rotatable bonds is 5. The molecule has 2 rings (SSSR count). The number of methoxy groups -OCH3 is 1. The van der Waals surface area contributed by atoms with Crippen molar-refractivity contribution in [2.24, 2.45) is 5.41 Å². The Hall–Kier alpha value is -1.60. The van der Waals surface area contributed by atoms with Crippen molar-refractivity contribution in [1.82, 2.24) is 15.1 Å². The number of aliphatic hydroxyl groups is 1. The van der Waals surface area contributed by atoms with Crippen LogP contribution < -0.4 is 10.6 Å². The van der Waals surface area contributed by atoms with Gasteiger partial charge >= 0.3 is 6.03 Å². The highest BCUT2D eigenvalue weighted by molar-refractivity contribution is 5.88. The molecular weight excluding hydrogens is 272 g/mol. The Labute approximate surface area is 124 Å². The number of aliphatic hydroxyl groups excluding tert-OH is 1. The lowest BCUT2D eigenvalue weighted by Crippen LogP contribution is -2.61. The molecule has 1 fully saturated rings. The van der Waals surface area contributed by atoms with Crippen LogP contribution in [0.25, 0.3) is 0 Å². The van der Waals surface area contributed by atoms with E-state index in [1.165, 1.54) is 0 Å². The minimum absolute atomic E-state index is 0.0259. The minimum Gasteiger partial charge on any atom is -0.392 e. The maximum atomic E-state index is 11.9. The van der Waals surface area contributed by atoms with Gasteiger partial charge in [-0.1, -0.05) is 13.8 Å². The largest absolute Gasteiger partial charge is 0.392 e. The molecule has 3 N–H and O–H groups in total. The molecule has 1 aromatic rings. The van der Waals surface area contributed by atoms with Gasteiger partial charge in [-0.15, -0.1) is 0 Å². The zero-order valence-corrected chi connectivity index (χ0v) is 13.0. The Morgan fingerprint density at radius 1 is 1.67 bits per heavy atom. The van der Waals surface area contributed by atoms with Crippen molar-refractivity contribution in [1.29, 1.82) is 0 Å². The summed E-state index contributed by atoms with van der Waals surface area (Å²) in [4.78, 5) is 11.9. The highest BCUT2D eigenvalue weighted by Crippen LogP contribution is 2.40. The third kappa shape index (κ3) is 3.36. The van der Waals surface area contributed by atoms with E-state index in [1.807, 2.05) is 20.8 Å². The van der Waals surface area contributed by atoms with Crippen molar-refractivity contribution in [3.05, 3.63) is 12.3 Å². The van der Waals surface area contributed by atoms with Gasteiger partial charge in [-0.2, -0.15) is 5.10 Å². The van der Waals surface area contributed by atoms with Gasteiger partial charge in [0.25, 0.3) is 0 Å². The van der Waals surface area contributed by atoms with Crippen LogP contribution >= 0.6 is 0 Å². The molecule has 0 radical (unpaired) electrons. The lowest BCUT2D eigenvalue weighted by Gasteiger charge is -2.49. The van der Waals surface area contributed by atoms with Crippen LogP contribution in [0, 0.1) is 5.41 Å². The third-order valence-electron chi connectivity index (χ3n) is 4.23. The first-order valence-electron chi connectivity index (χ1n) is 7.14. The standard InChI is InChI=1S/C14H24N4O3/c1-9(8-21-4)18-6-5-12(17-18)16-13(20)15-10-7-11(19)14(10,2)3/h5-6,9-11,19H,7-8H2,1-4H3,(H2,15,16,17,20). The smallest absolute Gasteiger partial charge is 0.320 e. The highest BCUT2D eigenvalue weighted by Gasteiger charge is 2.47. The van der Waals surface area contributed by atoms with Crippen LogP contribution in [-0.4, -0.2) is 46.8 Å². The molecule has 1 aromatic heterocycles. The molecule has 0 bridgehead atoms. The van der Waals surface area contributed by atoms with Gasteiger partial charge in [0.15, 0.2) is 5.82 Å². The fraction of sp³-hybridized carbons (Fsp3) is 0.714. The predicted octanol–water partition coefficient (Wildman–Crippen LogP) is 1.37. The summed E-state index contributed by atoms with van der Waals surface area (Å²) in [5.74, 6) is 0.494. The van der Waals surface area contributed by atoms with Gasteiger partial charge in [0.05, 0.1) is 18.8 Å². The molecule has 1 saturated carbocycles. The number of urea groups is 1. The lowest BCUT2D eigenvalue weighted by molar-refractivity contribution is -0.0673. The van der Waals surface area contributed by atoms with Gasteiger partial charge in [0.1, 0.15) is 0 Å². The topological polar surface area (TPSA) is 88.4 Å². The summed E-state index contributed by atoms with van der Waals surface area (Å²) in [5.41, 5.74) is -0.288. The van der Waals surface area contributed by atoms with E-state index in [0.717, 1.165) is 0 Å². The van der Waals surface area contributed by atoms with Crippen LogP contribution in [0.3, 0.4) is 0 Å². The molecule has 7 heteroatoms. The van der Waals surface area contributed by atoms with Gasteiger partial charge in [0, 0.05) is 30.8 Å². The molecule has 0 spiro atoms. The van der Waals surface area contributed by atoms with Crippen LogP contribution in [0.5, 0.6) is 0 Å². The monoisotopic (exact) mass is 296 g/mol. The predicted molar refractivity (Wildman–Crippen MR) is 79.2 cm³/mol. The lowest BCUT2D eigenvalue weighted by atomic mass is 9.65. The number of anilines is 1. The van der Waals surface area contributed by atoms with Crippen LogP contribution in [-0.2, 0) is 4.74 Å². The zero-order chi connectivity index (χ0) is 15.6. The molecule has 7 nitrogen and oxygen atoms in total. The Morgan fingerprint density at radius 3 is 2.95 bits per heavy atom. The average Bonchev–Trinajstić information content (AvgIpc) is 2.87. The van der Waals surface area contributed by atoms with E-state index >= 15 is 0 Å². The van der Waals surface area contributed by atoms with Crippen molar-refractivity contribution >= 4 is 11.8 Å². The fourth-order valence-electron chi connectivity index (χ4n) is 2.43. The maximum absolute atomic E-state index is 11.9.